The van der Waals surface area contributed by atoms with Crippen LogP contribution in [0.15, 0.2) is 35.6 Å². The van der Waals surface area contributed by atoms with E-state index in [1.165, 1.54) is 10.9 Å². The topological polar surface area (TPSA) is 42.3 Å². The summed E-state index contributed by atoms with van der Waals surface area (Å²) in [6, 6.07) is 6.45. The zero-order chi connectivity index (χ0) is 15.8. The lowest BCUT2D eigenvalue weighted by Gasteiger charge is -2.25. The quantitative estimate of drug-likeness (QED) is 0.598. The van der Waals surface area contributed by atoms with Gasteiger partial charge < -0.3 is 0 Å². The van der Waals surface area contributed by atoms with Gasteiger partial charge >= 0.3 is 0 Å². The van der Waals surface area contributed by atoms with E-state index in [1.54, 1.807) is 6.08 Å². The number of aliphatic imine (C=N–C) groups is 1. The summed E-state index contributed by atoms with van der Waals surface area (Å²) in [6.45, 7) is 6.60. The molecule has 0 saturated heterocycles. The van der Waals surface area contributed by atoms with Gasteiger partial charge in [0.1, 0.15) is 0 Å². The number of fused-ring (bicyclic) bond motifs is 1. The van der Waals surface area contributed by atoms with Crippen LogP contribution in [-0.2, 0) is 15.7 Å². The first-order valence-corrected chi connectivity index (χ1v) is 7.94. The summed E-state index contributed by atoms with van der Waals surface area (Å²) in [5.41, 5.74) is 2.05. The maximum Gasteiger partial charge on any atom is 0.235 e. The molecule has 0 unspecified atom stereocenters. The summed E-state index contributed by atoms with van der Waals surface area (Å²) in [7, 11) is 0. The van der Waals surface area contributed by atoms with Crippen molar-refractivity contribution < 1.29 is 4.79 Å². The van der Waals surface area contributed by atoms with Crippen molar-refractivity contribution in [1.82, 2.24) is 4.98 Å². The average molecular weight is 294 g/mol. The molecule has 1 aliphatic rings. The number of isocyanates is 1. The van der Waals surface area contributed by atoms with E-state index in [1.807, 2.05) is 12.4 Å². The molecule has 0 bridgehead atoms. The summed E-state index contributed by atoms with van der Waals surface area (Å²) < 4.78 is 0. The highest BCUT2D eigenvalue weighted by atomic mass is 16.1. The van der Waals surface area contributed by atoms with E-state index in [9.17, 15) is 4.79 Å². The molecule has 22 heavy (non-hydrogen) atoms. The van der Waals surface area contributed by atoms with Crippen LogP contribution < -0.4 is 0 Å². The molecule has 1 aliphatic carbocycles. The lowest BCUT2D eigenvalue weighted by molar-refractivity contribution is 0.456. The Morgan fingerprint density at radius 2 is 1.91 bits per heavy atom. The second-order valence-electron chi connectivity index (χ2n) is 7.31. The molecule has 0 amide bonds. The van der Waals surface area contributed by atoms with Gasteiger partial charge in [-0.15, -0.1) is 0 Å². The van der Waals surface area contributed by atoms with Gasteiger partial charge in [0, 0.05) is 17.8 Å². The van der Waals surface area contributed by atoms with Gasteiger partial charge in [-0.2, -0.15) is 4.99 Å². The van der Waals surface area contributed by atoms with Crippen molar-refractivity contribution in [2.24, 2.45) is 4.99 Å². The van der Waals surface area contributed by atoms with E-state index in [-0.39, 0.29) is 11.0 Å². The molecule has 3 nitrogen and oxygen atoms in total. The molecule has 0 aliphatic heterocycles. The molecule has 1 aromatic heterocycles. The van der Waals surface area contributed by atoms with Crippen LogP contribution in [0.5, 0.6) is 0 Å². The first kappa shape index (κ1) is 14.9. The van der Waals surface area contributed by atoms with E-state index in [4.69, 9.17) is 0 Å². The highest BCUT2D eigenvalue weighted by Crippen LogP contribution is 2.43. The molecule has 0 spiro atoms. The number of pyridine rings is 1. The molecule has 1 aromatic carbocycles. The molecule has 3 heteroatoms. The Kier molecular flexibility index (Phi) is 3.62. The standard InChI is InChI=1S/C19H22N2O/c1-18(2,3)17-12-20-11-14-10-15(6-7-16(14)17)19(21-13-22)8-4-5-9-19/h6-7,10-12H,4-5,8-9H2,1-3H3. The molecule has 1 fully saturated rings. The fraction of sp³-hybridized carbons (Fsp3) is 0.474. The maximum atomic E-state index is 10.9. The number of hydrogen-bond acceptors (Lipinski definition) is 3. The Bertz CT molecular complexity index is 746. The van der Waals surface area contributed by atoms with Crippen molar-refractivity contribution in [2.45, 2.75) is 57.4 Å². The predicted octanol–water partition coefficient (Wildman–Crippen LogP) is 4.64. The van der Waals surface area contributed by atoms with Crippen LogP contribution in [0, 0.1) is 0 Å². The number of benzene rings is 1. The minimum Gasteiger partial charge on any atom is -0.264 e. The SMILES string of the molecule is CC(C)(C)c1cncc2cc(C3(N=C=O)CCCC3)ccc12. The molecule has 3 rings (SSSR count). The predicted molar refractivity (Wildman–Crippen MR) is 88.7 cm³/mol. The third-order valence-corrected chi connectivity index (χ3v) is 4.79. The largest absolute Gasteiger partial charge is 0.264 e. The minimum absolute atomic E-state index is 0.0556. The summed E-state index contributed by atoms with van der Waals surface area (Å²) in [5, 5.41) is 2.35. The first-order valence-electron chi connectivity index (χ1n) is 7.94. The van der Waals surface area contributed by atoms with E-state index in [0.717, 1.165) is 36.6 Å². The molecule has 0 N–H and O–H groups in total. The van der Waals surface area contributed by atoms with Crippen molar-refractivity contribution in [2.75, 3.05) is 0 Å². The third-order valence-electron chi connectivity index (χ3n) is 4.79. The molecular formula is C19H22N2O. The molecule has 114 valence electrons. The van der Waals surface area contributed by atoms with E-state index in [2.05, 4.69) is 48.9 Å². The van der Waals surface area contributed by atoms with Crippen LogP contribution in [0.2, 0.25) is 0 Å². The smallest absolute Gasteiger partial charge is 0.235 e. The molecule has 1 saturated carbocycles. The molecule has 0 atom stereocenters. The molecule has 1 heterocycles. The number of aromatic nitrogens is 1. The van der Waals surface area contributed by atoms with Crippen molar-refractivity contribution in [3.63, 3.8) is 0 Å². The van der Waals surface area contributed by atoms with Gasteiger partial charge in [-0.25, -0.2) is 4.79 Å². The number of nitrogens with zero attached hydrogens (tertiary/aromatic N) is 2. The van der Waals surface area contributed by atoms with Crippen LogP contribution >= 0.6 is 0 Å². The zero-order valence-corrected chi connectivity index (χ0v) is 13.5. The second kappa shape index (κ2) is 5.33. The lowest BCUT2D eigenvalue weighted by atomic mass is 9.83. The van der Waals surface area contributed by atoms with Gasteiger partial charge in [-0.1, -0.05) is 45.7 Å². The molecule has 2 aromatic rings. The Balaban J connectivity index is 2.17. The van der Waals surface area contributed by atoms with Crippen molar-refractivity contribution in [3.05, 3.63) is 41.7 Å². The molecular weight excluding hydrogens is 272 g/mol. The van der Waals surface area contributed by atoms with Crippen LogP contribution in [0.3, 0.4) is 0 Å². The Morgan fingerprint density at radius 1 is 1.18 bits per heavy atom. The van der Waals surface area contributed by atoms with Gasteiger partial charge in [0.15, 0.2) is 0 Å². The van der Waals surface area contributed by atoms with Crippen molar-refractivity contribution in [3.8, 4) is 0 Å². The average Bonchev–Trinajstić information content (AvgIpc) is 2.95. The maximum absolute atomic E-state index is 10.9. The zero-order valence-electron chi connectivity index (χ0n) is 13.5. The highest BCUT2D eigenvalue weighted by Gasteiger charge is 2.35. The number of rotatable bonds is 2. The van der Waals surface area contributed by atoms with Gasteiger partial charge in [-0.3, -0.25) is 4.98 Å². The highest BCUT2D eigenvalue weighted by molar-refractivity contribution is 5.86. The first-order chi connectivity index (χ1) is 10.5. The Morgan fingerprint density at radius 3 is 2.55 bits per heavy atom. The number of carbonyl (C=O) groups excluding carboxylic acids is 1. The fourth-order valence-corrected chi connectivity index (χ4v) is 3.58. The van der Waals surface area contributed by atoms with E-state index in [0.29, 0.717) is 0 Å². The Hall–Kier alpha value is -1.99. The van der Waals surface area contributed by atoms with Crippen molar-refractivity contribution >= 4 is 16.9 Å². The van der Waals surface area contributed by atoms with E-state index < -0.39 is 0 Å². The van der Waals surface area contributed by atoms with Crippen LogP contribution in [0.25, 0.3) is 10.8 Å². The van der Waals surface area contributed by atoms with E-state index >= 15 is 0 Å². The fourth-order valence-electron chi connectivity index (χ4n) is 3.58. The number of hydrogen-bond donors (Lipinski definition) is 0. The summed E-state index contributed by atoms with van der Waals surface area (Å²) in [5.74, 6) is 0. The normalized spacial score (nSPS) is 17.4. The summed E-state index contributed by atoms with van der Waals surface area (Å²) in [6.07, 6.45) is 9.74. The van der Waals surface area contributed by atoms with Crippen LogP contribution in [-0.4, -0.2) is 11.1 Å². The van der Waals surface area contributed by atoms with Gasteiger partial charge in [-0.05, 0) is 40.8 Å². The van der Waals surface area contributed by atoms with Crippen LogP contribution in [0.4, 0.5) is 0 Å². The summed E-state index contributed by atoms with van der Waals surface area (Å²) >= 11 is 0. The monoisotopic (exact) mass is 294 g/mol. The van der Waals surface area contributed by atoms with Crippen molar-refractivity contribution in [1.29, 1.82) is 0 Å². The van der Waals surface area contributed by atoms with Crippen LogP contribution in [0.1, 0.15) is 57.6 Å². The third kappa shape index (κ3) is 2.46. The van der Waals surface area contributed by atoms with Gasteiger partial charge in [0.25, 0.3) is 0 Å². The second-order valence-corrected chi connectivity index (χ2v) is 7.31. The molecule has 0 radical (unpaired) electrons. The summed E-state index contributed by atoms with van der Waals surface area (Å²) in [4.78, 5) is 19.5. The Labute approximate surface area is 131 Å². The van der Waals surface area contributed by atoms with Gasteiger partial charge in [0.2, 0.25) is 6.08 Å². The minimum atomic E-state index is -0.367. The lowest BCUT2D eigenvalue weighted by Crippen LogP contribution is -2.19. The van der Waals surface area contributed by atoms with Gasteiger partial charge in [0.05, 0.1) is 5.54 Å².